The van der Waals surface area contributed by atoms with Crippen molar-refractivity contribution in [3.8, 4) is 5.75 Å². The van der Waals surface area contributed by atoms with E-state index in [0.29, 0.717) is 34.0 Å². The van der Waals surface area contributed by atoms with Crippen molar-refractivity contribution in [2.75, 3.05) is 25.5 Å². The number of benzene rings is 2. The zero-order chi connectivity index (χ0) is 20.4. The number of aromatic nitrogens is 1. The topological polar surface area (TPSA) is 54.5 Å². The normalized spacial score (nSPS) is 14.8. The largest absolute Gasteiger partial charge is 0.497 e. The molecule has 3 aromatic rings. The smallest absolute Gasteiger partial charge is 0.272 e. The van der Waals surface area contributed by atoms with E-state index in [1.54, 1.807) is 19.2 Å². The Morgan fingerprint density at radius 2 is 1.97 bits per heavy atom. The zero-order valence-electron chi connectivity index (χ0n) is 16.6. The Kier molecular flexibility index (Phi) is 5.34. The van der Waals surface area contributed by atoms with Crippen molar-refractivity contribution in [1.29, 1.82) is 0 Å². The van der Waals surface area contributed by atoms with Gasteiger partial charge in [-0.05, 0) is 55.2 Å². The highest BCUT2D eigenvalue weighted by molar-refractivity contribution is 6.00. The van der Waals surface area contributed by atoms with E-state index < -0.39 is 0 Å². The molecule has 1 fully saturated rings. The number of nitrogens with zero attached hydrogens (tertiary/aromatic N) is 2. The lowest BCUT2D eigenvalue weighted by atomic mass is 9.99. The minimum atomic E-state index is -0.350. The standard InChI is InChI=1S/C23H24FN3O2/c1-15-8-10-27(11-9-15)23(28)22-14-21(19-12-16(24)6-7-20(19)26-22)25-17-4-3-5-18(13-17)29-2/h3-7,12-15H,8-11H2,1-2H3,(H,25,26). The molecule has 2 aromatic carbocycles. The number of carbonyl (C=O) groups excluding carboxylic acids is 1. The van der Waals surface area contributed by atoms with Crippen LogP contribution in [0.5, 0.6) is 5.75 Å². The molecule has 150 valence electrons. The molecule has 4 rings (SSSR count). The molecule has 0 radical (unpaired) electrons. The highest BCUT2D eigenvalue weighted by Crippen LogP contribution is 2.29. The van der Waals surface area contributed by atoms with Gasteiger partial charge in [0.15, 0.2) is 0 Å². The summed E-state index contributed by atoms with van der Waals surface area (Å²) < 4.78 is 19.2. The zero-order valence-corrected chi connectivity index (χ0v) is 16.6. The Balaban J connectivity index is 1.73. The number of hydrogen-bond donors (Lipinski definition) is 1. The number of methoxy groups -OCH3 is 1. The van der Waals surface area contributed by atoms with E-state index >= 15 is 0 Å². The first-order valence-electron chi connectivity index (χ1n) is 9.84. The number of piperidine rings is 1. The van der Waals surface area contributed by atoms with Crippen LogP contribution in [0.3, 0.4) is 0 Å². The van der Waals surface area contributed by atoms with Gasteiger partial charge in [0.1, 0.15) is 17.3 Å². The molecule has 1 aliphatic rings. The van der Waals surface area contributed by atoms with Crippen molar-refractivity contribution in [3.63, 3.8) is 0 Å². The van der Waals surface area contributed by atoms with Gasteiger partial charge in [-0.15, -0.1) is 0 Å². The van der Waals surface area contributed by atoms with Gasteiger partial charge in [-0.1, -0.05) is 13.0 Å². The fourth-order valence-electron chi connectivity index (χ4n) is 3.64. The summed E-state index contributed by atoms with van der Waals surface area (Å²) in [5, 5.41) is 3.92. The first-order chi connectivity index (χ1) is 14.0. The van der Waals surface area contributed by atoms with E-state index in [1.807, 2.05) is 29.2 Å². The highest BCUT2D eigenvalue weighted by Gasteiger charge is 2.23. The second-order valence-electron chi connectivity index (χ2n) is 7.55. The van der Waals surface area contributed by atoms with Gasteiger partial charge in [0, 0.05) is 30.2 Å². The number of pyridine rings is 1. The third kappa shape index (κ3) is 4.16. The fourth-order valence-corrected chi connectivity index (χ4v) is 3.64. The van der Waals surface area contributed by atoms with Crippen LogP contribution in [0.1, 0.15) is 30.3 Å². The predicted octanol–water partition coefficient (Wildman–Crippen LogP) is 5.00. The molecule has 1 N–H and O–H groups in total. The molecule has 0 aliphatic carbocycles. The molecule has 0 atom stereocenters. The number of halogens is 1. The third-order valence-corrected chi connectivity index (χ3v) is 5.41. The second-order valence-corrected chi connectivity index (χ2v) is 7.55. The number of ether oxygens (including phenoxy) is 1. The first-order valence-corrected chi connectivity index (χ1v) is 9.84. The Morgan fingerprint density at radius 3 is 2.72 bits per heavy atom. The molecule has 0 bridgehead atoms. The van der Waals surface area contributed by atoms with Crippen LogP contribution in [-0.4, -0.2) is 36.0 Å². The van der Waals surface area contributed by atoms with Crippen molar-refractivity contribution < 1.29 is 13.9 Å². The van der Waals surface area contributed by atoms with Crippen molar-refractivity contribution in [1.82, 2.24) is 9.88 Å². The lowest BCUT2D eigenvalue weighted by Gasteiger charge is -2.30. The molecule has 1 amide bonds. The molecule has 0 spiro atoms. The minimum absolute atomic E-state index is 0.0863. The number of fused-ring (bicyclic) bond motifs is 1. The van der Waals surface area contributed by atoms with E-state index in [9.17, 15) is 9.18 Å². The quantitative estimate of drug-likeness (QED) is 0.678. The van der Waals surface area contributed by atoms with Crippen LogP contribution in [0.15, 0.2) is 48.5 Å². The second kappa shape index (κ2) is 8.07. The summed E-state index contributed by atoms with van der Waals surface area (Å²) in [5.74, 6) is 0.907. The summed E-state index contributed by atoms with van der Waals surface area (Å²) in [6.45, 7) is 3.68. The Labute approximate surface area is 169 Å². The monoisotopic (exact) mass is 393 g/mol. The van der Waals surface area contributed by atoms with Gasteiger partial charge in [0.25, 0.3) is 5.91 Å². The van der Waals surface area contributed by atoms with Crippen molar-refractivity contribution in [3.05, 3.63) is 60.0 Å². The van der Waals surface area contributed by atoms with Crippen LogP contribution < -0.4 is 10.1 Å². The maximum Gasteiger partial charge on any atom is 0.272 e. The third-order valence-electron chi connectivity index (χ3n) is 5.41. The summed E-state index contributed by atoms with van der Waals surface area (Å²) in [6.07, 6.45) is 2.00. The molecular formula is C23H24FN3O2. The van der Waals surface area contributed by atoms with Crippen LogP contribution in [-0.2, 0) is 0 Å². The maximum absolute atomic E-state index is 13.9. The molecule has 6 heteroatoms. The fraction of sp³-hybridized carbons (Fsp3) is 0.304. The van der Waals surface area contributed by atoms with Gasteiger partial charge in [-0.3, -0.25) is 4.79 Å². The van der Waals surface area contributed by atoms with Gasteiger partial charge in [-0.25, -0.2) is 9.37 Å². The van der Waals surface area contributed by atoms with Crippen LogP contribution in [0.4, 0.5) is 15.8 Å². The van der Waals surface area contributed by atoms with Gasteiger partial charge in [0.2, 0.25) is 0 Å². The molecule has 5 nitrogen and oxygen atoms in total. The number of amides is 1. The number of rotatable bonds is 4. The van der Waals surface area contributed by atoms with E-state index in [1.165, 1.54) is 12.1 Å². The number of hydrogen-bond acceptors (Lipinski definition) is 4. The summed E-state index contributed by atoms with van der Waals surface area (Å²) in [4.78, 5) is 19.4. The minimum Gasteiger partial charge on any atom is -0.497 e. The summed E-state index contributed by atoms with van der Waals surface area (Å²) >= 11 is 0. The number of anilines is 2. The van der Waals surface area contributed by atoms with Crippen LogP contribution >= 0.6 is 0 Å². The summed E-state index contributed by atoms with van der Waals surface area (Å²) in [6, 6.07) is 13.6. The highest BCUT2D eigenvalue weighted by atomic mass is 19.1. The van der Waals surface area contributed by atoms with E-state index in [-0.39, 0.29) is 11.7 Å². The molecule has 1 saturated heterocycles. The molecule has 1 aliphatic heterocycles. The SMILES string of the molecule is COc1cccc(Nc2cc(C(=O)N3CCC(C)CC3)nc3ccc(F)cc23)c1. The maximum atomic E-state index is 13.9. The lowest BCUT2D eigenvalue weighted by molar-refractivity contribution is 0.0691. The van der Waals surface area contributed by atoms with E-state index in [2.05, 4.69) is 17.2 Å². The van der Waals surface area contributed by atoms with Crippen LogP contribution in [0.2, 0.25) is 0 Å². The van der Waals surface area contributed by atoms with E-state index in [0.717, 1.165) is 31.6 Å². The average molecular weight is 393 g/mol. The van der Waals surface area contributed by atoms with Crippen molar-refractivity contribution in [2.24, 2.45) is 5.92 Å². The predicted molar refractivity (Wildman–Crippen MR) is 112 cm³/mol. The number of nitrogens with one attached hydrogen (secondary N) is 1. The molecule has 2 heterocycles. The Bertz CT molecular complexity index is 1050. The number of carbonyl (C=O) groups is 1. The van der Waals surface area contributed by atoms with E-state index in [4.69, 9.17) is 4.74 Å². The van der Waals surface area contributed by atoms with Crippen molar-refractivity contribution in [2.45, 2.75) is 19.8 Å². The van der Waals surface area contributed by atoms with Crippen LogP contribution in [0, 0.1) is 11.7 Å². The first kappa shape index (κ1) is 19.2. The lowest BCUT2D eigenvalue weighted by Crippen LogP contribution is -2.38. The van der Waals surface area contributed by atoms with Gasteiger partial charge in [-0.2, -0.15) is 0 Å². The molecule has 0 unspecified atom stereocenters. The number of likely N-dealkylation sites (tertiary alicyclic amines) is 1. The van der Waals surface area contributed by atoms with Crippen molar-refractivity contribution >= 4 is 28.2 Å². The molecule has 1 aromatic heterocycles. The van der Waals surface area contributed by atoms with Gasteiger partial charge >= 0.3 is 0 Å². The van der Waals surface area contributed by atoms with Crippen LogP contribution in [0.25, 0.3) is 10.9 Å². The Hall–Kier alpha value is -3.15. The Morgan fingerprint density at radius 1 is 1.17 bits per heavy atom. The molecular weight excluding hydrogens is 369 g/mol. The van der Waals surface area contributed by atoms with Gasteiger partial charge < -0.3 is 15.0 Å². The van der Waals surface area contributed by atoms with Gasteiger partial charge in [0.05, 0.1) is 18.3 Å². The molecule has 0 saturated carbocycles. The average Bonchev–Trinajstić information content (AvgIpc) is 2.74. The molecule has 29 heavy (non-hydrogen) atoms. The summed E-state index contributed by atoms with van der Waals surface area (Å²) in [5.41, 5.74) is 2.36. The summed E-state index contributed by atoms with van der Waals surface area (Å²) in [7, 11) is 1.60.